The van der Waals surface area contributed by atoms with E-state index in [1.165, 1.54) is 0 Å². The second-order valence-electron chi connectivity index (χ2n) is 5.55. The van der Waals surface area contributed by atoms with Crippen LogP contribution in [-0.4, -0.2) is 42.0 Å². The Bertz CT molecular complexity index is 797. The second-order valence-corrected chi connectivity index (χ2v) is 5.55. The fraction of sp³-hybridized carbons (Fsp3) is 0.250. The Kier molecular flexibility index (Phi) is 6.42. The van der Waals surface area contributed by atoms with Crippen molar-refractivity contribution in [3.05, 3.63) is 58.0 Å². The monoisotopic (exact) mass is 381 g/mol. The van der Waals surface area contributed by atoms with Gasteiger partial charge in [-0.15, -0.1) is 12.4 Å². The van der Waals surface area contributed by atoms with Crippen molar-refractivity contribution in [3.63, 3.8) is 0 Å². The zero-order chi connectivity index (χ0) is 17.8. The number of nitrogens with one attached hydrogen (secondary N) is 2. The summed E-state index contributed by atoms with van der Waals surface area (Å²) in [7, 11) is 0. The van der Waals surface area contributed by atoms with E-state index in [4.69, 9.17) is 0 Å². The molecule has 2 heterocycles. The number of pyridine rings is 1. The maximum atomic E-state index is 13.4. The Labute approximate surface area is 155 Å². The number of carbonyl (C=O) groups is 1. The zero-order valence-corrected chi connectivity index (χ0v) is 14.5. The number of halogens is 2. The second kappa shape index (κ2) is 8.54. The molecule has 0 bridgehead atoms. The zero-order valence-electron chi connectivity index (χ0n) is 13.6. The lowest BCUT2D eigenvalue weighted by Crippen LogP contribution is -2.43. The lowest BCUT2D eigenvalue weighted by molar-refractivity contribution is -0.385. The van der Waals surface area contributed by atoms with Crippen LogP contribution in [0.25, 0.3) is 0 Å². The molecule has 1 amide bonds. The van der Waals surface area contributed by atoms with Gasteiger partial charge in [-0.05, 0) is 18.2 Å². The van der Waals surface area contributed by atoms with Gasteiger partial charge in [0.15, 0.2) is 0 Å². The number of hydrogen-bond donors (Lipinski definition) is 2. The van der Waals surface area contributed by atoms with Crippen molar-refractivity contribution in [2.75, 3.05) is 36.4 Å². The molecule has 3 rings (SSSR count). The molecule has 26 heavy (non-hydrogen) atoms. The predicted molar refractivity (Wildman–Crippen MR) is 97.6 cm³/mol. The summed E-state index contributed by atoms with van der Waals surface area (Å²) in [6, 6.07) is 6.20. The minimum Gasteiger partial charge on any atom is -0.368 e. The first-order valence-corrected chi connectivity index (χ1v) is 7.71. The fourth-order valence-corrected chi connectivity index (χ4v) is 2.57. The van der Waals surface area contributed by atoms with Crippen molar-refractivity contribution in [1.82, 2.24) is 10.3 Å². The third-order valence-electron chi connectivity index (χ3n) is 3.83. The molecule has 10 heteroatoms. The molecule has 0 atom stereocenters. The van der Waals surface area contributed by atoms with E-state index in [0.29, 0.717) is 0 Å². The minimum absolute atomic E-state index is 0. The third-order valence-corrected chi connectivity index (χ3v) is 3.83. The van der Waals surface area contributed by atoms with E-state index in [1.54, 1.807) is 12.3 Å². The Morgan fingerprint density at radius 1 is 1.27 bits per heavy atom. The molecular weight excluding hydrogens is 365 g/mol. The van der Waals surface area contributed by atoms with Crippen molar-refractivity contribution in [2.45, 2.75) is 0 Å². The van der Waals surface area contributed by atoms with Gasteiger partial charge in [-0.2, -0.15) is 0 Å². The SMILES string of the molecule is Cl.O=C(Nc1ccc(N2CCNCC2)cn1)c1cc(F)cc([N+](=O)[O-])c1. The third kappa shape index (κ3) is 4.64. The molecular formula is C16H17ClFN5O3. The van der Waals surface area contributed by atoms with Crippen LogP contribution < -0.4 is 15.5 Å². The molecule has 0 saturated carbocycles. The molecule has 1 saturated heterocycles. The molecule has 8 nitrogen and oxygen atoms in total. The van der Waals surface area contributed by atoms with Crippen LogP contribution in [0.1, 0.15) is 10.4 Å². The van der Waals surface area contributed by atoms with Crippen molar-refractivity contribution in [2.24, 2.45) is 0 Å². The first-order valence-electron chi connectivity index (χ1n) is 7.71. The Morgan fingerprint density at radius 3 is 2.62 bits per heavy atom. The normalized spacial score (nSPS) is 13.7. The van der Waals surface area contributed by atoms with E-state index in [9.17, 15) is 19.3 Å². The van der Waals surface area contributed by atoms with Crippen molar-refractivity contribution >= 4 is 35.5 Å². The number of nitro benzene ring substituents is 1. The number of piperazine rings is 1. The van der Waals surface area contributed by atoms with Crippen LogP contribution in [0.4, 0.5) is 21.6 Å². The molecule has 138 valence electrons. The van der Waals surface area contributed by atoms with Crippen LogP contribution in [0, 0.1) is 15.9 Å². The quantitative estimate of drug-likeness (QED) is 0.622. The van der Waals surface area contributed by atoms with Gasteiger partial charge in [0.1, 0.15) is 11.6 Å². The molecule has 1 aromatic carbocycles. The minimum atomic E-state index is -0.846. The number of nitrogens with zero attached hydrogens (tertiary/aromatic N) is 3. The number of carbonyl (C=O) groups excluding carboxylic acids is 1. The highest BCUT2D eigenvalue weighted by atomic mass is 35.5. The van der Waals surface area contributed by atoms with Crippen LogP contribution in [0.15, 0.2) is 36.5 Å². The van der Waals surface area contributed by atoms with E-state index >= 15 is 0 Å². The average Bonchev–Trinajstić information content (AvgIpc) is 2.62. The summed E-state index contributed by atoms with van der Waals surface area (Å²) >= 11 is 0. The summed E-state index contributed by atoms with van der Waals surface area (Å²) in [5, 5.41) is 16.5. The highest BCUT2D eigenvalue weighted by molar-refractivity contribution is 6.04. The number of nitro groups is 1. The smallest absolute Gasteiger partial charge is 0.273 e. The molecule has 2 aromatic rings. The summed E-state index contributed by atoms with van der Waals surface area (Å²) in [6.45, 7) is 3.55. The summed E-state index contributed by atoms with van der Waals surface area (Å²) in [5.74, 6) is -1.22. The summed E-state index contributed by atoms with van der Waals surface area (Å²) in [6.07, 6.45) is 1.65. The van der Waals surface area contributed by atoms with Gasteiger partial charge >= 0.3 is 0 Å². The van der Waals surface area contributed by atoms with Gasteiger partial charge in [0.25, 0.3) is 11.6 Å². The van der Waals surface area contributed by atoms with Crippen LogP contribution in [-0.2, 0) is 0 Å². The van der Waals surface area contributed by atoms with Crippen LogP contribution in [0.3, 0.4) is 0 Å². The van der Waals surface area contributed by atoms with E-state index < -0.39 is 22.3 Å². The molecule has 1 aliphatic heterocycles. The maximum Gasteiger partial charge on any atom is 0.273 e. The van der Waals surface area contributed by atoms with Crippen molar-refractivity contribution < 1.29 is 14.1 Å². The van der Waals surface area contributed by atoms with Gasteiger partial charge in [0.2, 0.25) is 0 Å². The number of aromatic nitrogens is 1. The molecule has 0 radical (unpaired) electrons. The van der Waals surface area contributed by atoms with Crippen molar-refractivity contribution in [1.29, 1.82) is 0 Å². The van der Waals surface area contributed by atoms with Crippen LogP contribution >= 0.6 is 12.4 Å². The van der Waals surface area contributed by atoms with Crippen LogP contribution in [0.2, 0.25) is 0 Å². The first kappa shape index (κ1) is 19.5. The standard InChI is InChI=1S/C16H16FN5O3.ClH/c17-12-7-11(8-14(9-12)22(24)25)16(23)20-15-2-1-13(10-19-15)21-5-3-18-4-6-21;/h1-2,7-10,18H,3-6H2,(H,19,20,23);1H. The van der Waals surface area contributed by atoms with Gasteiger partial charge in [0.05, 0.1) is 22.9 Å². The van der Waals surface area contributed by atoms with Crippen molar-refractivity contribution in [3.8, 4) is 0 Å². The average molecular weight is 382 g/mol. The molecule has 2 N–H and O–H groups in total. The summed E-state index contributed by atoms with van der Waals surface area (Å²) < 4.78 is 13.4. The number of benzene rings is 1. The highest BCUT2D eigenvalue weighted by Gasteiger charge is 2.16. The van der Waals surface area contributed by atoms with E-state index in [1.807, 2.05) is 6.07 Å². The summed E-state index contributed by atoms with van der Waals surface area (Å²) in [5.41, 5.74) is 0.327. The Hall–Kier alpha value is -2.78. The lowest BCUT2D eigenvalue weighted by atomic mass is 10.2. The number of rotatable bonds is 4. The molecule has 1 fully saturated rings. The predicted octanol–water partition coefficient (Wildman–Crippen LogP) is 2.21. The van der Waals surface area contributed by atoms with Gasteiger partial charge in [-0.25, -0.2) is 9.37 Å². The molecule has 0 spiro atoms. The maximum absolute atomic E-state index is 13.4. The molecule has 0 aliphatic carbocycles. The summed E-state index contributed by atoms with van der Waals surface area (Å²) in [4.78, 5) is 28.5. The number of anilines is 2. The van der Waals surface area contributed by atoms with E-state index in [0.717, 1.165) is 50.1 Å². The number of non-ortho nitro benzene ring substituents is 1. The van der Waals surface area contributed by atoms with Gasteiger partial charge in [-0.3, -0.25) is 14.9 Å². The lowest BCUT2D eigenvalue weighted by Gasteiger charge is -2.29. The molecule has 0 unspecified atom stereocenters. The van der Waals surface area contributed by atoms with Gasteiger partial charge < -0.3 is 15.5 Å². The number of amides is 1. The highest BCUT2D eigenvalue weighted by Crippen LogP contribution is 2.19. The topological polar surface area (TPSA) is 100 Å². The van der Waals surface area contributed by atoms with Gasteiger partial charge in [-0.1, -0.05) is 0 Å². The van der Waals surface area contributed by atoms with Gasteiger partial charge in [0, 0.05) is 37.8 Å². The first-order chi connectivity index (χ1) is 12.0. The molecule has 1 aliphatic rings. The molecule has 1 aromatic heterocycles. The number of hydrogen-bond acceptors (Lipinski definition) is 6. The Morgan fingerprint density at radius 2 is 2.00 bits per heavy atom. The van der Waals surface area contributed by atoms with Crippen LogP contribution in [0.5, 0.6) is 0 Å². The van der Waals surface area contributed by atoms with E-state index in [2.05, 4.69) is 20.5 Å². The Balaban J connectivity index is 0.00000243. The van der Waals surface area contributed by atoms with E-state index in [-0.39, 0.29) is 23.8 Å². The largest absolute Gasteiger partial charge is 0.368 e. The fourth-order valence-electron chi connectivity index (χ4n) is 2.57.